The van der Waals surface area contributed by atoms with Crippen LogP contribution in [-0.2, 0) is 24.2 Å². The molecule has 41 heavy (non-hydrogen) atoms. The Morgan fingerprint density at radius 2 is 1.17 bits per heavy atom. The van der Waals surface area contributed by atoms with Crippen molar-refractivity contribution >= 4 is 23.7 Å². The molecule has 0 amide bonds. The van der Waals surface area contributed by atoms with E-state index in [9.17, 15) is 14.4 Å². The summed E-state index contributed by atoms with van der Waals surface area (Å²) in [5.41, 5.74) is 15.3. The minimum absolute atomic E-state index is 0.00875. The van der Waals surface area contributed by atoms with Crippen LogP contribution >= 0.6 is 0 Å². The maximum absolute atomic E-state index is 13.6. The minimum Gasteiger partial charge on any atom is -0.370 e. The molecule has 6 N–H and O–H groups in total. The Morgan fingerprint density at radius 3 is 1.66 bits per heavy atom. The van der Waals surface area contributed by atoms with Gasteiger partial charge in [-0.1, -0.05) is 124 Å². The molecule has 0 heterocycles. The summed E-state index contributed by atoms with van der Waals surface area (Å²) >= 11 is 0. The van der Waals surface area contributed by atoms with Crippen LogP contribution in [0.5, 0.6) is 0 Å². The first kappa shape index (κ1) is 38.8. The second-order valence-electron chi connectivity index (χ2n) is 11.5. The maximum Gasteiger partial charge on any atom is 0.382 e. The van der Waals surface area contributed by atoms with Gasteiger partial charge in [0.05, 0.1) is 6.42 Å². The van der Waals surface area contributed by atoms with Gasteiger partial charge in [-0.15, -0.1) is 0 Å². The van der Waals surface area contributed by atoms with Gasteiger partial charge in [-0.05, 0) is 32.1 Å². The van der Waals surface area contributed by atoms with Crippen molar-refractivity contribution in [2.45, 2.75) is 168 Å². The van der Waals surface area contributed by atoms with Crippen LogP contribution in [-0.4, -0.2) is 35.8 Å². The molecule has 9 heteroatoms. The molecule has 0 bridgehead atoms. The molecule has 9 nitrogen and oxygen atoms in total. The van der Waals surface area contributed by atoms with Crippen molar-refractivity contribution in [2.24, 2.45) is 28.1 Å². The van der Waals surface area contributed by atoms with Crippen LogP contribution in [0.1, 0.15) is 162 Å². The number of carbonyl (C=O) groups is 3. The van der Waals surface area contributed by atoms with E-state index in [0.717, 1.165) is 38.5 Å². The van der Waals surface area contributed by atoms with Gasteiger partial charge in [0.15, 0.2) is 17.3 Å². The fourth-order valence-corrected chi connectivity index (χ4v) is 5.08. The first-order valence-corrected chi connectivity index (χ1v) is 16.5. The lowest BCUT2D eigenvalue weighted by Gasteiger charge is -2.28. The Kier molecular flexibility index (Phi) is 24.2. The SMILES string of the molecule is CCCCCCCCCCCC(=O)OOC(=O)C(N)(CCCN=C(N)N)C(=O)C(CC)CCCCCCCCCC. The van der Waals surface area contributed by atoms with E-state index in [-0.39, 0.29) is 37.0 Å². The third-order valence-electron chi connectivity index (χ3n) is 7.79. The maximum atomic E-state index is 13.6. The zero-order valence-corrected chi connectivity index (χ0v) is 26.6. The molecule has 0 fully saturated rings. The predicted octanol–water partition coefficient (Wildman–Crippen LogP) is 6.79. The van der Waals surface area contributed by atoms with Gasteiger partial charge in [0.25, 0.3) is 0 Å². The van der Waals surface area contributed by atoms with Crippen molar-refractivity contribution in [1.82, 2.24) is 0 Å². The predicted molar refractivity (Wildman–Crippen MR) is 167 cm³/mol. The quantitative estimate of drug-likeness (QED) is 0.0238. The van der Waals surface area contributed by atoms with Crippen molar-refractivity contribution in [3.05, 3.63) is 0 Å². The number of nitrogens with two attached hydrogens (primary N) is 3. The van der Waals surface area contributed by atoms with E-state index < -0.39 is 17.5 Å². The average Bonchev–Trinajstić information content (AvgIpc) is 2.95. The van der Waals surface area contributed by atoms with Gasteiger partial charge in [0.2, 0.25) is 0 Å². The smallest absolute Gasteiger partial charge is 0.370 e. The summed E-state index contributed by atoms with van der Waals surface area (Å²) in [7, 11) is 0. The first-order valence-electron chi connectivity index (χ1n) is 16.5. The summed E-state index contributed by atoms with van der Waals surface area (Å²) in [6.07, 6.45) is 21.0. The third-order valence-corrected chi connectivity index (χ3v) is 7.79. The zero-order valence-electron chi connectivity index (χ0n) is 26.6. The zero-order chi connectivity index (χ0) is 30.8. The van der Waals surface area contributed by atoms with Crippen LogP contribution < -0.4 is 17.2 Å². The monoisotopic (exact) mass is 582 g/mol. The third kappa shape index (κ3) is 19.6. The number of nitrogens with zero attached hydrogens (tertiary/aromatic N) is 1. The van der Waals surface area contributed by atoms with E-state index in [1.807, 2.05) is 6.92 Å². The molecule has 0 aromatic heterocycles. The normalized spacial score (nSPS) is 13.3. The summed E-state index contributed by atoms with van der Waals surface area (Å²) in [4.78, 5) is 52.4. The standard InChI is InChI=1S/C32H62N4O5/c1-4-7-9-11-13-15-17-19-21-24-28(37)40-41-30(39)32(35,25-22-26-36-31(33)34)29(38)27(6-3)23-20-18-16-14-12-10-8-5-2/h27H,4-26,35H2,1-3H3,(H4,33,34,36). The lowest BCUT2D eigenvalue weighted by atomic mass is 9.79. The van der Waals surface area contributed by atoms with Crippen LogP contribution in [0.15, 0.2) is 4.99 Å². The molecule has 240 valence electrons. The number of carbonyl (C=O) groups excluding carboxylic acids is 3. The molecular formula is C32H62N4O5. The van der Waals surface area contributed by atoms with Gasteiger partial charge in [-0.25, -0.2) is 19.4 Å². The van der Waals surface area contributed by atoms with Crippen molar-refractivity contribution < 1.29 is 24.2 Å². The van der Waals surface area contributed by atoms with Gasteiger partial charge < -0.3 is 17.2 Å². The summed E-state index contributed by atoms with van der Waals surface area (Å²) in [6.45, 7) is 6.55. The number of Topliss-reactive ketones (excluding diaryl/α,β-unsaturated/α-hetero) is 1. The van der Waals surface area contributed by atoms with E-state index in [1.165, 1.54) is 64.2 Å². The molecule has 2 atom stereocenters. The van der Waals surface area contributed by atoms with Crippen molar-refractivity contribution in [1.29, 1.82) is 0 Å². The van der Waals surface area contributed by atoms with Gasteiger partial charge in [0.1, 0.15) is 0 Å². The lowest BCUT2D eigenvalue weighted by molar-refractivity contribution is -0.262. The van der Waals surface area contributed by atoms with Crippen molar-refractivity contribution in [3.63, 3.8) is 0 Å². The molecule has 0 aliphatic rings. The van der Waals surface area contributed by atoms with Gasteiger partial charge in [-0.2, -0.15) is 0 Å². The van der Waals surface area contributed by atoms with E-state index in [2.05, 4.69) is 18.8 Å². The number of aliphatic imine (C=N–C) groups is 1. The fraction of sp³-hybridized carbons (Fsp3) is 0.875. The molecule has 0 radical (unpaired) electrons. The number of rotatable bonds is 27. The average molecular weight is 583 g/mol. The van der Waals surface area contributed by atoms with Gasteiger partial charge in [-0.3, -0.25) is 9.79 Å². The summed E-state index contributed by atoms with van der Waals surface area (Å²) < 4.78 is 0. The summed E-state index contributed by atoms with van der Waals surface area (Å²) in [5, 5.41) is 0. The lowest BCUT2D eigenvalue weighted by Crippen LogP contribution is -2.58. The number of unbranched alkanes of at least 4 members (excludes halogenated alkanes) is 15. The Bertz CT molecular complexity index is 727. The van der Waals surface area contributed by atoms with Crippen LogP contribution in [0.25, 0.3) is 0 Å². The van der Waals surface area contributed by atoms with Crippen LogP contribution in [0, 0.1) is 5.92 Å². The molecule has 0 aromatic carbocycles. The molecule has 0 saturated heterocycles. The van der Waals surface area contributed by atoms with Gasteiger partial charge in [0, 0.05) is 12.5 Å². The van der Waals surface area contributed by atoms with E-state index in [1.54, 1.807) is 0 Å². The minimum atomic E-state index is -1.93. The number of ketones is 1. The summed E-state index contributed by atoms with van der Waals surface area (Å²) in [6, 6.07) is 0. The fourth-order valence-electron chi connectivity index (χ4n) is 5.08. The highest BCUT2D eigenvalue weighted by atomic mass is 17.2. The molecule has 0 saturated carbocycles. The number of hydrogen-bond acceptors (Lipinski definition) is 7. The summed E-state index contributed by atoms with van der Waals surface area (Å²) in [5.74, 6) is -2.52. The molecule has 2 unspecified atom stereocenters. The van der Waals surface area contributed by atoms with Gasteiger partial charge >= 0.3 is 11.9 Å². The van der Waals surface area contributed by atoms with Crippen LogP contribution in [0.2, 0.25) is 0 Å². The Balaban J connectivity index is 4.81. The van der Waals surface area contributed by atoms with Crippen molar-refractivity contribution in [2.75, 3.05) is 6.54 Å². The molecule has 0 aliphatic carbocycles. The molecule has 0 aromatic rings. The van der Waals surface area contributed by atoms with E-state index in [4.69, 9.17) is 27.0 Å². The topological polar surface area (TPSA) is 160 Å². The van der Waals surface area contributed by atoms with E-state index >= 15 is 0 Å². The second kappa shape index (κ2) is 25.5. The van der Waals surface area contributed by atoms with Crippen LogP contribution in [0.3, 0.4) is 0 Å². The highest BCUT2D eigenvalue weighted by Crippen LogP contribution is 2.25. The molecule has 0 aliphatic heterocycles. The van der Waals surface area contributed by atoms with E-state index in [0.29, 0.717) is 25.7 Å². The largest absolute Gasteiger partial charge is 0.382 e. The number of guanidine groups is 1. The molecule has 0 spiro atoms. The van der Waals surface area contributed by atoms with Crippen LogP contribution in [0.4, 0.5) is 0 Å². The first-order chi connectivity index (χ1) is 19.7. The Morgan fingerprint density at radius 1 is 0.683 bits per heavy atom. The highest BCUT2D eigenvalue weighted by Gasteiger charge is 2.46. The van der Waals surface area contributed by atoms with Crippen molar-refractivity contribution in [3.8, 4) is 0 Å². The molecule has 0 rings (SSSR count). The second-order valence-corrected chi connectivity index (χ2v) is 11.5. The molecular weight excluding hydrogens is 520 g/mol. The Labute approximate surface area is 250 Å². The highest BCUT2D eigenvalue weighted by molar-refractivity contribution is 6.09. The Hall–Kier alpha value is -2.16. The number of hydrogen-bond donors (Lipinski definition) is 3.